The Balaban J connectivity index is 3.84. The summed E-state index contributed by atoms with van der Waals surface area (Å²) >= 11 is 0. The third kappa shape index (κ3) is 20.5. The highest BCUT2D eigenvalue weighted by Crippen LogP contribution is 2.08. The fourth-order valence-corrected chi connectivity index (χ4v) is 3.62. The number of hydrogen-bond acceptors (Lipinski definition) is 4. The molecule has 0 saturated carbocycles. The van der Waals surface area contributed by atoms with E-state index in [0.717, 1.165) is 51.4 Å². The van der Waals surface area contributed by atoms with Gasteiger partial charge in [-0.3, -0.25) is 19.2 Å². The van der Waals surface area contributed by atoms with E-state index in [-0.39, 0.29) is 17.7 Å². The minimum Gasteiger partial charge on any atom is -0.368 e. The molecule has 0 aromatic rings. The number of unbranched alkanes of at least 4 members (excludes halogenated alkanes) is 6. The monoisotopic (exact) mass is 482 g/mol. The molecule has 0 bridgehead atoms. The second kappa shape index (κ2) is 21.4. The van der Waals surface area contributed by atoms with E-state index in [4.69, 9.17) is 5.73 Å². The lowest BCUT2D eigenvalue weighted by Crippen LogP contribution is -2.44. The van der Waals surface area contributed by atoms with Gasteiger partial charge in [0.25, 0.3) is 0 Å². The van der Waals surface area contributed by atoms with Crippen LogP contribution in [0.2, 0.25) is 0 Å². The molecular formula is C26H50N4O4. The van der Waals surface area contributed by atoms with Crippen molar-refractivity contribution >= 4 is 23.6 Å². The maximum absolute atomic E-state index is 12.1. The van der Waals surface area contributed by atoms with E-state index in [1.165, 1.54) is 0 Å². The summed E-state index contributed by atoms with van der Waals surface area (Å²) in [5.41, 5.74) is 5.43. The second-order valence-electron chi connectivity index (χ2n) is 9.63. The van der Waals surface area contributed by atoms with Gasteiger partial charge < -0.3 is 21.7 Å². The van der Waals surface area contributed by atoms with E-state index in [2.05, 4.69) is 36.7 Å². The Kier molecular flexibility index (Phi) is 20.1. The Labute approximate surface area is 206 Å². The molecule has 0 aromatic heterocycles. The van der Waals surface area contributed by atoms with Gasteiger partial charge in [-0.1, -0.05) is 52.9 Å². The first-order chi connectivity index (χ1) is 16.3. The first-order valence-corrected chi connectivity index (χ1v) is 13.4. The van der Waals surface area contributed by atoms with Crippen molar-refractivity contribution in [3.8, 4) is 0 Å². The predicted molar refractivity (Wildman–Crippen MR) is 137 cm³/mol. The van der Waals surface area contributed by atoms with Gasteiger partial charge in [0.1, 0.15) is 6.04 Å². The van der Waals surface area contributed by atoms with Crippen molar-refractivity contribution in [2.75, 3.05) is 13.1 Å². The van der Waals surface area contributed by atoms with Gasteiger partial charge in [0, 0.05) is 32.4 Å². The van der Waals surface area contributed by atoms with E-state index >= 15 is 0 Å². The topological polar surface area (TPSA) is 130 Å². The molecule has 1 unspecified atom stereocenters. The fraction of sp³-hybridized carbons (Fsp3) is 0.846. The summed E-state index contributed by atoms with van der Waals surface area (Å²) in [7, 11) is 0. The van der Waals surface area contributed by atoms with Gasteiger partial charge in [-0.2, -0.15) is 0 Å². The number of nitrogens with one attached hydrogen (secondary N) is 3. The van der Waals surface area contributed by atoms with E-state index in [0.29, 0.717) is 64.0 Å². The average molecular weight is 483 g/mol. The lowest BCUT2D eigenvalue weighted by Gasteiger charge is -2.15. The Morgan fingerprint density at radius 3 is 1.71 bits per heavy atom. The summed E-state index contributed by atoms with van der Waals surface area (Å²) in [4.78, 5) is 47.4. The number of nitrogens with two attached hydrogens (primary N) is 1. The molecule has 4 amide bonds. The van der Waals surface area contributed by atoms with Crippen LogP contribution in [0.1, 0.15) is 117 Å². The van der Waals surface area contributed by atoms with E-state index in [9.17, 15) is 19.2 Å². The maximum atomic E-state index is 12.1. The molecule has 0 radical (unpaired) electrons. The molecule has 8 heteroatoms. The third-order valence-corrected chi connectivity index (χ3v) is 5.77. The minimum atomic E-state index is -0.692. The van der Waals surface area contributed by atoms with Crippen molar-refractivity contribution in [1.82, 2.24) is 16.0 Å². The normalized spacial score (nSPS) is 11.8. The molecule has 0 fully saturated rings. The molecule has 0 aliphatic heterocycles. The van der Waals surface area contributed by atoms with Crippen LogP contribution in [-0.4, -0.2) is 42.8 Å². The van der Waals surface area contributed by atoms with Gasteiger partial charge in [-0.25, -0.2) is 0 Å². The van der Waals surface area contributed by atoms with Crippen LogP contribution in [0.5, 0.6) is 0 Å². The van der Waals surface area contributed by atoms with Gasteiger partial charge in [-0.15, -0.1) is 0 Å². The molecule has 0 aliphatic carbocycles. The molecule has 198 valence electrons. The summed E-state index contributed by atoms with van der Waals surface area (Å²) in [6.45, 7) is 7.62. The zero-order chi connectivity index (χ0) is 25.6. The van der Waals surface area contributed by atoms with Crippen LogP contribution in [-0.2, 0) is 19.2 Å². The van der Waals surface area contributed by atoms with Crippen molar-refractivity contribution in [3.05, 3.63) is 0 Å². The molecule has 0 heterocycles. The second-order valence-corrected chi connectivity index (χ2v) is 9.63. The predicted octanol–water partition coefficient (Wildman–Crippen LogP) is 3.72. The van der Waals surface area contributed by atoms with E-state index < -0.39 is 11.9 Å². The van der Waals surface area contributed by atoms with Gasteiger partial charge in [0.05, 0.1) is 0 Å². The summed E-state index contributed by atoms with van der Waals surface area (Å²) in [5.74, 6) is 0.0519. The van der Waals surface area contributed by atoms with Crippen molar-refractivity contribution in [2.24, 2.45) is 11.7 Å². The number of primary amides is 1. The van der Waals surface area contributed by atoms with Crippen molar-refractivity contribution < 1.29 is 19.2 Å². The molecular weight excluding hydrogens is 432 g/mol. The van der Waals surface area contributed by atoms with Gasteiger partial charge in [-0.05, 0) is 50.9 Å². The first-order valence-electron chi connectivity index (χ1n) is 13.4. The van der Waals surface area contributed by atoms with Gasteiger partial charge in [0.15, 0.2) is 0 Å². The molecule has 0 spiro atoms. The third-order valence-electron chi connectivity index (χ3n) is 5.77. The highest BCUT2D eigenvalue weighted by atomic mass is 16.2. The summed E-state index contributed by atoms with van der Waals surface area (Å²) in [5, 5.41) is 8.50. The highest BCUT2D eigenvalue weighted by molar-refractivity contribution is 5.86. The molecule has 0 aliphatic rings. The summed E-state index contributed by atoms with van der Waals surface area (Å²) in [6.07, 6.45) is 12.1. The molecule has 8 nitrogen and oxygen atoms in total. The van der Waals surface area contributed by atoms with E-state index in [1.807, 2.05) is 0 Å². The number of amides is 4. The van der Waals surface area contributed by atoms with Gasteiger partial charge in [0.2, 0.25) is 23.6 Å². The van der Waals surface area contributed by atoms with Crippen LogP contribution in [0.4, 0.5) is 0 Å². The Hall–Kier alpha value is -2.12. The van der Waals surface area contributed by atoms with Crippen molar-refractivity contribution in [2.45, 2.75) is 123 Å². The maximum Gasteiger partial charge on any atom is 0.239 e. The molecule has 1 atom stereocenters. The van der Waals surface area contributed by atoms with E-state index in [1.54, 1.807) is 0 Å². The molecule has 34 heavy (non-hydrogen) atoms. The molecule has 5 N–H and O–H groups in total. The van der Waals surface area contributed by atoms with Crippen molar-refractivity contribution in [3.63, 3.8) is 0 Å². The van der Waals surface area contributed by atoms with Crippen LogP contribution >= 0.6 is 0 Å². The largest absolute Gasteiger partial charge is 0.368 e. The van der Waals surface area contributed by atoms with Gasteiger partial charge >= 0.3 is 0 Å². The Morgan fingerprint density at radius 2 is 1.15 bits per heavy atom. The quantitative estimate of drug-likeness (QED) is 0.175. The minimum absolute atomic E-state index is 0.0645. The number of carbonyl (C=O) groups excluding carboxylic acids is 4. The van der Waals surface area contributed by atoms with Crippen LogP contribution in [0.15, 0.2) is 0 Å². The summed E-state index contributed by atoms with van der Waals surface area (Å²) < 4.78 is 0. The SMILES string of the molecule is CCCCCCC(=O)NCCCCC(NC(=O)CCCCNC(=O)CCCCC(C)C)C(N)=O. The fourth-order valence-electron chi connectivity index (χ4n) is 3.62. The number of rotatable bonds is 22. The van der Waals surface area contributed by atoms with Crippen molar-refractivity contribution in [1.29, 1.82) is 0 Å². The standard InChI is InChI=1S/C26H50N4O4/c1-4-5-6-7-16-23(31)28-19-12-10-15-22(26(27)34)30-25(33)18-11-13-20-29-24(32)17-9-8-14-21(2)3/h21-22H,4-20H2,1-3H3,(H2,27,34)(H,28,31)(H,29,32)(H,30,33). The van der Waals surface area contributed by atoms with Crippen LogP contribution in [0, 0.1) is 5.92 Å². The summed E-state index contributed by atoms with van der Waals surface area (Å²) in [6, 6.07) is -0.692. The van der Waals surface area contributed by atoms with Crippen LogP contribution in [0.3, 0.4) is 0 Å². The average Bonchev–Trinajstić information content (AvgIpc) is 2.78. The Bertz CT molecular complexity index is 581. The molecule has 0 rings (SSSR count). The number of hydrogen-bond donors (Lipinski definition) is 4. The number of carbonyl (C=O) groups is 4. The lowest BCUT2D eigenvalue weighted by molar-refractivity contribution is -0.127. The molecule has 0 saturated heterocycles. The lowest BCUT2D eigenvalue weighted by atomic mass is 10.1. The van der Waals surface area contributed by atoms with Crippen LogP contribution in [0.25, 0.3) is 0 Å². The zero-order valence-electron chi connectivity index (χ0n) is 21.9. The molecule has 0 aromatic carbocycles. The first kappa shape index (κ1) is 31.9. The zero-order valence-corrected chi connectivity index (χ0v) is 21.9. The Morgan fingerprint density at radius 1 is 0.647 bits per heavy atom. The highest BCUT2D eigenvalue weighted by Gasteiger charge is 2.17. The van der Waals surface area contributed by atoms with Crippen LogP contribution < -0.4 is 21.7 Å². The smallest absolute Gasteiger partial charge is 0.239 e.